The molecule has 36 heavy (non-hydrogen) atoms. The zero-order chi connectivity index (χ0) is 23.3. The van der Waals surface area contributed by atoms with Crippen LogP contribution in [-0.4, -0.2) is 4.98 Å². The molecule has 0 saturated carbocycles. The summed E-state index contributed by atoms with van der Waals surface area (Å²) in [7, 11) is 3.96. The maximum absolute atomic E-state index is 6.13. The van der Waals surface area contributed by atoms with E-state index in [0.29, 0.717) is 11.8 Å². The zero-order valence-electron chi connectivity index (χ0n) is 20.1. The van der Waals surface area contributed by atoms with Gasteiger partial charge in [-0.3, -0.25) is 5.73 Å². The zero-order valence-corrected chi connectivity index (χ0v) is 25.5. The molecule has 5 aromatic rings. The fraction of sp³-hybridized carbons (Fsp3) is 0.115. The van der Waals surface area contributed by atoms with Gasteiger partial charge in [-0.2, -0.15) is 4.57 Å². The van der Waals surface area contributed by atoms with Crippen LogP contribution >= 0.6 is 17.0 Å². The smallest absolute Gasteiger partial charge is 0.391 e. The number of halogens is 3. The number of benzene rings is 3. The highest BCUT2D eigenvalue weighted by Gasteiger charge is 2.21. The van der Waals surface area contributed by atoms with Gasteiger partial charge in [0.15, 0.2) is 0 Å². The number of rotatable bonds is 3. The van der Waals surface area contributed by atoms with Crippen LogP contribution in [0.1, 0.15) is 5.69 Å². The summed E-state index contributed by atoms with van der Waals surface area (Å²) < 4.78 is 4.04. The van der Waals surface area contributed by atoms with Gasteiger partial charge in [0, 0.05) is 40.1 Å². The van der Waals surface area contributed by atoms with Crippen molar-refractivity contribution >= 4 is 67.5 Å². The first-order valence-corrected chi connectivity index (χ1v) is 10.7. The van der Waals surface area contributed by atoms with E-state index < -0.39 is 0 Å². The number of anilines is 5. The Morgan fingerprint density at radius 3 is 2.06 bits per heavy atom. The minimum atomic E-state index is 0. The molecule has 0 unspecified atom stereocenters. The quantitative estimate of drug-likeness (QED) is 0.0752. The fourth-order valence-electron chi connectivity index (χ4n) is 4.32. The minimum Gasteiger partial charge on any atom is -1.00 e. The van der Waals surface area contributed by atoms with Gasteiger partial charge in [-0.25, -0.2) is 4.57 Å². The molecule has 0 aliphatic rings. The van der Waals surface area contributed by atoms with Crippen LogP contribution < -0.4 is 72.6 Å². The largest absolute Gasteiger partial charge is 1.00 e. The average Bonchev–Trinajstić information content (AvgIpc) is 2.79. The molecule has 10 heteroatoms. The maximum atomic E-state index is 6.13. The van der Waals surface area contributed by atoms with E-state index in [4.69, 9.17) is 17.2 Å². The number of nitrogens with one attached hydrogen (secondary N) is 1. The number of fused-ring (bicyclic) bond motifs is 3. The third kappa shape index (κ3) is 5.35. The number of hydrogen-bond donors (Lipinski definition) is 4. The summed E-state index contributed by atoms with van der Waals surface area (Å²) in [6.07, 6.45) is 0. The number of aromatic nitrogens is 3. The van der Waals surface area contributed by atoms with Crippen LogP contribution in [0.25, 0.3) is 32.9 Å². The SMILES string of the molecule is Br.Cc1cc(Nc2ccc3c(c2)c(-c2ccc(N)cc2)[n+](C)c2cc(N)ccc32)nc(N)[n+]1C.[Br-].[I-]. The highest BCUT2D eigenvalue weighted by atomic mass is 127. The maximum Gasteiger partial charge on any atom is 0.391 e. The molecule has 7 N–H and O–H groups in total. The number of aryl methyl sites for hydroxylation is 2. The molecule has 0 aliphatic carbocycles. The predicted molar refractivity (Wildman–Crippen MR) is 145 cm³/mol. The van der Waals surface area contributed by atoms with E-state index in [2.05, 4.69) is 46.2 Å². The van der Waals surface area contributed by atoms with E-state index in [1.807, 2.05) is 61.0 Å². The Morgan fingerprint density at radius 2 is 1.39 bits per heavy atom. The molecule has 2 heterocycles. The summed E-state index contributed by atoms with van der Waals surface area (Å²) in [4.78, 5) is 4.47. The van der Waals surface area contributed by atoms with Gasteiger partial charge in [0.2, 0.25) is 17.0 Å². The lowest BCUT2D eigenvalue weighted by Gasteiger charge is -2.12. The van der Waals surface area contributed by atoms with Crippen molar-refractivity contribution in [2.75, 3.05) is 22.5 Å². The number of hydrogen-bond acceptors (Lipinski definition) is 5. The van der Waals surface area contributed by atoms with Crippen LogP contribution in [0.15, 0.2) is 66.7 Å². The lowest BCUT2D eigenvalue weighted by Crippen LogP contribution is -3.00. The second-order valence-corrected chi connectivity index (χ2v) is 8.39. The first-order valence-electron chi connectivity index (χ1n) is 10.7. The molecule has 0 aliphatic heterocycles. The van der Waals surface area contributed by atoms with Gasteiger partial charge in [-0.05, 0) is 55.5 Å². The molecular weight excluding hydrogens is 697 g/mol. The van der Waals surface area contributed by atoms with Crippen molar-refractivity contribution in [1.82, 2.24) is 4.98 Å². The van der Waals surface area contributed by atoms with E-state index >= 15 is 0 Å². The second kappa shape index (κ2) is 11.6. The van der Waals surface area contributed by atoms with Crippen LogP contribution in [0.3, 0.4) is 0 Å². The third-order valence-electron chi connectivity index (χ3n) is 6.19. The second-order valence-electron chi connectivity index (χ2n) is 8.39. The molecule has 0 fully saturated rings. The number of nitrogens with two attached hydrogens (primary N) is 3. The lowest BCUT2D eigenvalue weighted by molar-refractivity contribution is -0.665. The summed E-state index contributed by atoms with van der Waals surface area (Å²) >= 11 is 0. The van der Waals surface area contributed by atoms with Crippen molar-refractivity contribution in [3.8, 4) is 11.3 Å². The van der Waals surface area contributed by atoms with Crippen molar-refractivity contribution in [3.63, 3.8) is 0 Å². The molecule has 0 amide bonds. The highest BCUT2D eigenvalue weighted by molar-refractivity contribution is 8.93. The molecule has 0 bridgehead atoms. The summed E-state index contributed by atoms with van der Waals surface area (Å²) in [5.41, 5.74) is 24.8. The van der Waals surface area contributed by atoms with Gasteiger partial charge in [0.25, 0.3) is 0 Å². The summed E-state index contributed by atoms with van der Waals surface area (Å²) in [5.74, 6) is 1.16. The van der Waals surface area contributed by atoms with E-state index in [-0.39, 0.29) is 57.9 Å². The topological polar surface area (TPSA) is 111 Å². The summed E-state index contributed by atoms with van der Waals surface area (Å²) in [5, 5.41) is 6.80. The Balaban J connectivity index is 0.00000152. The molecule has 5 rings (SSSR count). The van der Waals surface area contributed by atoms with Crippen LogP contribution in [0.2, 0.25) is 0 Å². The summed E-state index contributed by atoms with van der Waals surface area (Å²) in [6.45, 7) is 2.00. The molecule has 2 aromatic heterocycles. The van der Waals surface area contributed by atoms with Gasteiger partial charge in [-0.1, -0.05) is 11.1 Å². The average molecular weight is 725 g/mol. The number of nitrogen functional groups attached to an aromatic ring is 3. The molecule has 188 valence electrons. The van der Waals surface area contributed by atoms with E-state index in [1.54, 1.807) is 0 Å². The Hall–Kier alpha value is -2.70. The standard InChI is InChI=1S/C26H25N7.2BrH.HI/c1-15-12-24(31-26(29)32(15)2)30-19-9-11-20-21-10-8-18(28)13-23(21)33(3)25(22(20)14-19)16-4-6-17(27)7-5-16;;;/h4-14H,1-3H3,(H5,27,28,29,30,31);3*1H. The molecular formula is C26H28Br2IN7. The van der Waals surface area contributed by atoms with Gasteiger partial charge in [0.1, 0.15) is 7.05 Å². The summed E-state index contributed by atoms with van der Waals surface area (Å²) in [6, 6.07) is 22.3. The Bertz CT molecular complexity index is 1530. The van der Waals surface area contributed by atoms with Crippen molar-refractivity contribution in [1.29, 1.82) is 0 Å². The van der Waals surface area contributed by atoms with E-state index in [0.717, 1.165) is 55.7 Å². The van der Waals surface area contributed by atoms with Crippen LogP contribution in [0, 0.1) is 6.92 Å². The molecule has 0 saturated heterocycles. The Morgan fingerprint density at radius 1 is 0.750 bits per heavy atom. The molecule has 0 spiro atoms. The van der Waals surface area contributed by atoms with Crippen molar-refractivity contribution in [3.05, 3.63) is 72.4 Å². The highest BCUT2D eigenvalue weighted by Crippen LogP contribution is 2.34. The molecule has 0 radical (unpaired) electrons. The Labute approximate surface area is 248 Å². The predicted octanol–water partition coefficient (Wildman–Crippen LogP) is -1.91. The first-order chi connectivity index (χ1) is 15.8. The van der Waals surface area contributed by atoms with E-state index in [1.165, 1.54) is 0 Å². The van der Waals surface area contributed by atoms with Crippen molar-refractivity contribution in [2.24, 2.45) is 14.1 Å². The van der Waals surface area contributed by atoms with Crippen molar-refractivity contribution < 1.29 is 50.1 Å². The normalized spacial score (nSPS) is 10.3. The van der Waals surface area contributed by atoms with Crippen LogP contribution in [-0.2, 0) is 14.1 Å². The minimum absolute atomic E-state index is 0. The monoisotopic (exact) mass is 723 g/mol. The molecule has 7 nitrogen and oxygen atoms in total. The van der Waals surface area contributed by atoms with E-state index in [9.17, 15) is 0 Å². The van der Waals surface area contributed by atoms with Crippen LogP contribution in [0.5, 0.6) is 0 Å². The number of nitrogens with zero attached hydrogens (tertiary/aromatic N) is 3. The number of pyridine rings is 1. The van der Waals surface area contributed by atoms with Gasteiger partial charge < -0.3 is 57.7 Å². The van der Waals surface area contributed by atoms with Gasteiger partial charge in [0.05, 0.1) is 23.5 Å². The van der Waals surface area contributed by atoms with Crippen LogP contribution in [0.4, 0.5) is 28.8 Å². The molecule has 3 aromatic carbocycles. The Kier molecular flexibility index (Phi) is 9.49. The fourth-order valence-corrected chi connectivity index (χ4v) is 4.32. The van der Waals surface area contributed by atoms with Crippen molar-refractivity contribution in [2.45, 2.75) is 6.92 Å². The third-order valence-corrected chi connectivity index (χ3v) is 6.19. The van der Waals surface area contributed by atoms with Gasteiger partial charge >= 0.3 is 5.95 Å². The van der Waals surface area contributed by atoms with Gasteiger partial charge in [-0.15, -0.1) is 17.0 Å². The lowest BCUT2D eigenvalue weighted by atomic mass is 9.98. The molecule has 0 atom stereocenters. The first kappa shape index (κ1) is 29.5.